The summed E-state index contributed by atoms with van der Waals surface area (Å²) >= 11 is 0. The summed E-state index contributed by atoms with van der Waals surface area (Å²) in [5.74, 6) is -0.205. The maximum atomic E-state index is 13.3. The van der Waals surface area contributed by atoms with Crippen molar-refractivity contribution in [3.8, 4) is 0 Å². The number of amides is 2. The molecule has 1 aromatic rings. The topological polar surface area (TPSA) is 96.0 Å². The molecule has 1 N–H and O–H groups in total. The average molecular weight is 361 g/mol. The third-order valence-corrected chi connectivity index (χ3v) is 5.28. The molecule has 1 saturated heterocycles. The molecule has 3 heterocycles. The van der Waals surface area contributed by atoms with Gasteiger partial charge < -0.3 is 14.5 Å². The molecule has 1 fully saturated rings. The minimum atomic E-state index is -0.616. The fraction of sp³-hybridized carbons (Fsp3) is 0.684. The van der Waals surface area contributed by atoms with E-state index in [0.29, 0.717) is 24.3 Å². The summed E-state index contributed by atoms with van der Waals surface area (Å²) in [6.45, 7) is 9.70. The van der Waals surface area contributed by atoms with E-state index < -0.39 is 17.4 Å². The average Bonchev–Trinajstić information content (AvgIpc) is 3.18. The Labute approximate surface area is 153 Å². The lowest BCUT2D eigenvalue weighted by atomic mass is 9.86. The Balaban J connectivity index is 1.89. The van der Waals surface area contributed by atoms with Gasteiger partial charge in [-0.2, -0.15) is 0 Å². The van der Waals surface area contributed by atoms with Crippen LogP contribution in [-0.4, -0.2) is 51.4 Å². The van der Waals surface area contributed by atoms with Crippen LogP contribution in [0.4, 0.5) is 0 Å². The molecule has 2 amide bonds. The van der Waals surface area contributed by atoms with Crippen LogP contribution >= 0.6 is 0 Å². The number of nitrogens with zero attached hydrogens (tertiary/aromatic N) is 3. The first kappa shape index (κ1) is 18.8. The molecule has 2 aliphatic rings. The number of aliphatic hydroxyl groups is 1. The van der Waals surface area contributed by atoms with Crippen molar-refractivity contribution < 1.29 is 19.2 Å². The van der Waals surface area contributed by atoms with Crippen molar-refractivity contribution >= 4 is 17.5 Å². The molecule has 0 radical (unpaired) electrons. The molecule has 142 valence electrons. The van der Waals surface area contributed by atoms with Crippen molar-refractivity contribution in [1.29, 1.82) is 0 Å². The molecule has 26 heavy (non-hydrogen) atoms. The van der Waals surface area contributed by atoms with E-state index in [-0.39, 0.29) is 30.3 Å². The molecular formula is C19H27N3O4. The highest BCUT2D eigenvalue weighted by Crippen LogP contribution is 2.36. The smallest absolute Gasteiger partial charge is 0.251 e. The first-order valence-corrected chi connectivity index (χ1v) is 9.14. The van der Waals surface area contributed by atoms with Crippen LogP contribution in [0.15, 0.2) is 15.6 Å². The highest BCUT2D eigenvalue weighted by atomic mass is 16.5. The Morgan fingerprint density at radius 3 is 2.62 bits per heavy atom. The fourth-order valence-electron chi connectivity index (χ4n) is 3.86. The lowest BCUT2D eigenvalue weighted by Crippen LogP contribution is -2.44. The molecule has 7 nitrogen and oxygen atoms in total. The van der Waals surface area contributed by atoms with Crippen LogP contribution in [0.2, 0.25) is 0 Å². The molecule has 2 aliphatic heterocycles. The van der Waals surface area contributed by atoms with Crippen LogP contribution in [0, 0.1) is 18.3 Å². The van der Waals surface area contributed by atoms with Crippen molar-refractivity contribution in [2.24, 2.45) is 16.3 Å². The Hall–Kier alpha value is -2.02. The molecule has 3 atom stereocenters. The van der Waals surface area contributed by atoms with E-state index in [2.05, 4.69) is 10.1 Å². The van der Waals surface area contributed by atoms with Gasteiger partial charge in [-0.15, -0.1) is 0 Å². The largest absolute Gasteiger partial charge is 0.391 e. The number of aromatic nitrogens is 1. The second-order valence-electron chi connectivity index (χ2n) is 8.46. The van der Waals surface area contributed by atoms with Gasteiger partial charge in [0.2, 0.25) is 5.91 Å². The number of aliphatic hydroxyl groups excluding tert-OH is 1. The Kier molecular flexibility index (Phi) is 4.77. The minimum Gasteiger partial charge on any atom is -0.391 e. The van der Waals surface area contributed by atoms with Gasteiger partial charge in [0.05, 0.1) is 23.3 Å². The number of carbonyl (C=O) groups is 2. The lowest BCUT2D eigenvalue weighted by Gasteiger charge is -2.29. The maximum absolute atomic E-state index is 13.3. The van der Waals surface area contributed by atoms with E-state index in [1.165, 1.54) is 0 Å². The predicted molar refractivity (Wildman–Crippen MR) is 95.8 cm³/mol. The summed E-state index contributed by atoms with van der Waals surface area (Å²) in [5, 5.41) is 14.1. The van der Waals surface area contributed by atoms with Crippen LogP contribution < -0.4 is 0 Å². The molecule has 3 unspecified atom stereocenters. The zero-order valence-electron chi connectivity index (χ0n) is 16.0. The Bertz CT molecular complexity index is 750. The van der Waals surface area contributed by atoms with Gasteiger partial charge >= 0.3 is 0 Å². The number of hydrogen-bond acceptors (Lipinski definition) is 5. The molecule has 0 aromatic carbocycles. The van der Waals surface area contributed by atoms with Gasteiger partial charge in [-0.1, -0.05) is 32.9 Å². The van der Waals surface area contributed by atoms with Crippen molar-refractivity contribution in [3.63, 3.8) is 0 Å². The fourth-order valence-corrected chi connectivity index (χ4v) is 3.86. The molecular weight excluding hydrogens is 334 g/mol. The van der Waals surface area contributed by atoms with Crippen molar-refractivity contribution in [3.05, 3.63) is 17.5 Å². The van der Waals surface area contributed by atoms with Crippen molar-refractivity contribution in [2.75, 3.05) is 6.54 Å². The number of hydrogen-bond donors (Lipinski definition) is 1. The molecule has 0 saturated carbocycles. The Morgan fingerprint density at radius 2 is 2.12 bits per heavy atom. The van der Waals surface area contributed by atoms with Crippen LogP contribution in [0.25, 0.3) is 0 Å². The zero-order valence-corrected chi connectivity index (χ0v) is 16.0. The van der Waals surface area contributed by atoms with E-state index >= 15 is 0 Å². The monoisotopic (exact) mass is 361 g/mol. The van der Waals surface area contributed by atoms with Crippen LogP contribution in [0.3, 0.4) is 0 Å². The summed E-state index contributed by atoms with van der Waals surface area (Å²) in [5.41, 5.74) is 0.877. The number of carbonyl (C=O) groups excluding carboxylic acids is 2. The molecule has 7 heteroatoms. The normalized spacial score (nSPS) is 26.5. The van der Waals surface area contributed by atoms with E-state index in [9.17, 15) is 14.7 Å². The van der Waals surface area contributed by atoms with Crippen molar-refractivity contribution in [2.45, 2.75) is 65.5 Å². The third-order valence-electron chi connectivity index (χ3n) is 5.28. The van der Waals surface area contributed by atoms with Gasteiger partial charge in [-0.05, 0) is 12.8 Å². The summed E-state index contributed by atoms with van der Waals surface area (Å²) in [6.07, 6.45) is 0.310. The van der Waals surface area contributed by atoms with Crippen molar-refractivity contribution in [1.82, 2.24) is 10.1 Å². The van der Waals surface area contributed by atoms with E-state index in [1.807, 2.05) is 34.6 Å². The number of likely N-dealkylation sites (tertiary alicyclic amines) is 1. The lowest BCUT2D eigenvalue weighted by molar-refractivity contribution is -0.134. The molecule has 3 rings (SSSR count). The number of aryl methyl sites for hydroxylation is 1. The third kappa shape index (κ3) is 3.32. The van der Waals surface area contributed by atoms with Gasteiger partial charge in [-0.3, -0.25) is 9.59 Å². The number of β-amino-alcohol motifs (C(OH)–C–C–N with tert-alkyl or cyclic N) is 1. The quantitative estimate of drug-likeness (QED) is 0.886. The second kappa shape index (κ2) is 6.61. The van der Waals surface area contributed by atoms with E-state index in [0.717, 1.165) is 5.69 Å². The first-order valence-electron chi connectivity index (χ1n) is 9.14. The minimum absolute atomic E-state index is 0.0110. The maximum Gasteiger partial charge on any atom is 0.251 e. The van der Waals surface area contributed by atoms with Gasteiger partial charge in [0.25, 0.3) is 5.91 Å². The first-order chi connectivity index (χ1) is 12.1. The van der Waals surface area contributed by atoms with Crippen LogP contribution in [0.5, 0.6) is 0 Å². The second-order valence-corrected chi connectivity index (χ2v) is 8.46. The predicted octanol–water partition coefficient (Wildman–Crippen LogP) is 2.08. The standard InChI is InChI=1S/C19H27N3O4/c1-10(2)16(15-6-11(3)21-26-15)17(24)22-9-12(23)7-14(22)13-8-19(4,5)18(25)20-13/h6,10,12,14,16,23H,7-9H2,1-5H3. The van der Waals surface area contributed by atoms with Gasteiger partial charge in [0, 0.05) is 31.2 Å². The summed E-state index contributed by atoms with van der Waals surface area (Å²) in [4.78, 5) is 31.3. The summed E-state index contributed by atoms with van der Waals surface area (Å²) < 4.78 is 5.36. The summed E-state index contributed by atoms with van der Waals surface area (Å²) in [6, 6.07) is 1.44. The molecule has 0 spiro atoms. The molecule has 0 aliphatic carbocycles. The van der Waals surface area contributed by atoms with Gasteiger partial charge in [0.15, 0.2) is 0 Å². The zero-order chi connectivity index (χ0) is 19.2. The van der Waals surface area contributed by atoms with E-state index in [1.54, 1.807) is 11.0 Å². The summed E-state index contributed by atoms with van der Waals surface area (Å²) in [7, 11) is 0. The molecule has 0 bridgehead atoms. The Morgan fingerprint density at radius 1 is 1.42 bits per heavy atom. The highest BCUT2D eigenvalue weighted by Gasteiger charge is 2.46. The van der Waals surface area contributed by atoms with Gasteiger partial charge in [0.1, 0.15) is 11.7 Å². The van der Waals surface area contributed by atoms with E-state index in [4.69, 9.17) is 4.52 Å². The molecule has 1 aromatic heterocycles. The SMILES string of the molecule is Cc1cc(C(C(=O)N2CC(O)CC2C2=NC(=O)C(C)(C)C2)C(C)C)on1. The number of rotatable bonds is 4. The number of aliphatic imine (C=N–C) groups is 1. The van der Waals surface area contributed by atoms with Crippen LogP contribution in [-0.2, 0) is 9.59 Å². The van der Waals surface area contributed by atoms with Crippen LogP contribution in [0.1, 0.15) is 57.9 Å². The van der Waals surface area contributed by atoms with Gasteiger partial charge in [-0.25, -0.2) is 4.99 Å². The highest BCUT2D eigenvalue weighted by molar-refractivity contribution is 6.09.